The molecule has 146 valence electrons. The van der Waals surface area contributed by atoms with Gasteiger partial charge in [0.1, 0.15) is 5.70 Å². The number of nitrogens with zero attached hydrogens (tertiary/aromatic N) is 2. The number of rotatable bonds is 4. The van der Waals surface area contributed by atoms with Crippen LogP contribution >= 0.6 is 0 Å². The van der Waals surface area contributed by atoms with E-state index in [1.165, 1.54) is 25.2 Å². The molecule has 3 rings (SSSR count). The number of allylic oxidation sites excluding steroid dienone is 2. The van der Waals surface area contributed by atoms with Crippen molar-refractivity contribution in [3.05, 3.63) is 65.5 Å². The van der Waals surface area contributed by atoms with Crippen molar-refractivity contribution in [3.8, 4) is 0 Å². The average molecular weight is 382 g/mol. The third kappa shape index (κ3) is 3.83. The molecule has 0 spiro atoms. The van der Waals surface area contributed by atoms with Crippen molar-refractivity contribution in [2.45, 2.75) is 12.8 Å². The molecule has 2 aliphatic heterocycles. The Morgan fingerprint density at radius 1 is 0.964 bits per heavy atom. The highest BCUT2D eigenvalue weighted by molar-refractivity contribution is 6.05. The number of carbonyl (C=O) groups excluding carboxylic acids is 3. The Morgan fingerprint density at radius 2 is 1.68 bits per heavy atom. The van der Waals surface area contributed by atoms with Crippen LogP contribution in [-0.4, -0.2) is 50.1 Å². The number of hydrogen-bond acceptors (Lipinski definition) is 6. The van der Waals surface area contributed by atoms with Gasteiger partial charge in [0, 0.05) is 30.5 Å². The van der Waals surface area contributed by atoms with Gasteiger partial charge < -0.3 is 19.3 Å². The van der Waals surface area contributed by atoms with Gasteiger partial charge in [-0.05, 0) is 43.2 Å². The molecular formula is C21H22N2O5. The molecule has 0 radical (unpaired) electrons. The number of hydrogen-bond donors (Lipinski definition) is 0. The van der Waals surface area contributed by atoms with Crippen LogP contribution in [-0.2, 0) is 19.1 Å². The number of carbonyl (C=O) groups is 3. The maximum atomic E-state index is 12.7. The van der Waals surface area contributed by atoms with Crippen molar-refractivity contribution in [2.75, 3.05) is 32.2 Å². The molecular weight excluding hydrogens is 360 g/mol. The zero-order valence-electron chi connectivity index (χ0n) is 15.9. The summed E-state index contributed by atoms with van der Waals surface area (Å²) in [5.41, 5.74) is 1.17. The monoisotopic (exact) mass is 382 g/mol. The highest BCUT2D eigenvalue weighted by Crippen LogP contribution is 2.27. The molecule has 0 atom stereocenters. The molecule has 0 unspecified atom stereocenters. The summed E-state index contributed by atoms with van der Waals surface area (Å²) < 4.78 is 9.70. The number of likely N-dealkylation sites (tertiary alicyclic amines) is 1. The van der Waals surface area contributed by atoms with E-state index in [-0.39, 0.29) is 17.2 Å². The molecule has 2 aliphatic rings. The first-order valence-electron chi connectivity index (χ1n) is 9.01. The van der Waals surface area contributed by atoms with E-state index < -0.39 is 11.9 Å². The number of anilines is 1. The summed E-state index contributed by atoms with van der Waals surface area (Å²) >= 11 is 0. The van der Waals surface area contributed by atoms with Crippen LogP contribution in [0.1, 0.15) is 23.2 Å². The molecule has 1 aromatic carbocycles. The third-order valence-corrected chi connectivity index (χ3v) is 4.65. The topological polar surface area (TPSA) is 76.2 Å². The average Bonchev–Trinajstić information content (AvgIpc) is 3.18. The summed E-state index contributed by atoms with van der Waals surface area (Å²) in [6.07, 6.45) is 8.46. The minimum Gasteiger partial charge on any atom is -0.465 e. The summed E-state index contributed by atoms with van der Waals surface area (Å²) in [6, 6.07) is 6.95. The molecule has 0 aliphatic carbocycles. The summed E-state index contributed by atoms with van der Waals surface area (Å²) in [4.78, 5) is 40.8. The number of methoxy groups -OCH3 is 2. The van der Waals surface area contributed by atoms with Gasteiger partial charge in [-0.2, -0.15) is 0 Å². The molecule has 0 saturated carbocycles. The fraction of sp³-hybridized carbons (Fsp3) is 0.286. The number of esters is 2. The lowest BCUT2D eigenvalue weighted by atomic mass is 10.1. The Bertz CT molecular complexity index is 879. The molecule has 0 N–H and O–H groups in total. The lowest BCUT2D eigenvalue weighted by Crippen LogP contribution is -2.29. The van der Waals surface area contributed by atoms with E-state index in [1.54, 1.807) is 42.6 Å². The molecule has 7 nitrogen and oxygen atoms in total. The highest BCUT2D eigenvalue weighted by atomic mass is 16.5. The molecule has 2 heterocycles. The van der Waals surface area contributed by atoms with Gasteiger partial charge in [0.15, 0.2) is 0 Å². The second-order valence-electron chi connectivity index (χ2n) is 6.37. The summed E-state index contributed by atoms with van der Waals surface area (Å²) in [7, 11) is 2.49. The Morgan fingerprint density at radius 3 is 2.36 bits per heavy atom. The predicted octanol–water partition coefficient (Wildman–Crippen LogP) is 2.41. The molecule has 1 fully saturated rings. The fourth-order valence-electron chi connectivity index (χ4n) is 3.26. The largest absolute Gasteiger partial charge is 0.465 e. The van der Waals surface area contributed by atoms with Crippen molar-refractivity contribution in [3.63, 3.8) is 0 Å². The van der Waals surface area contributed by atoms with Crippen LogP contribution in [0.3, 0.4) is 0 Å². The van der Waals surface area contributed by atoms with Crippen LogP contribution in [0.5, 0.6) is 0 Å². The van der Waals surface area contributed by atoms with Crippen LogP contribution in [0.2, 0.25) is 0 Å². The smallest absolute Gasteiger partial charge is 0.355 e. The van der Waals surface area contributed by atoms with Crippen molar-refractivity contribution in [1.29, 1.82) is 0 Å². The minimum absolute atomic E-state index is 0.0186. The summed E-state index contributed by atoms with van der Waals surface area (Å²) in [5, 5.41) is 0. The maximum absolute atomic E-state index is 12.7. The zero-order valence-corrected chi connectivity index (χ0v) is 15.9. The van der Waals surface area contributed by atoms with E-state index in [4.69, 9.17) is 9.47 Å². The summed E-state index contributed by atoms with van der Waals surface area (Å²) in [5.74, 6) is -1.39. The van der Waals surface area contributed by atoms with Crippen LogP contribution < -0.4 is 4.90 Å². The van der Waals surface area contributed by atoms with E-state index in [0.29, 0.717) is 11.3 Å². The van der Waals surface area contributed by atoms with E-state index in [2.05, 4.69) is 0 Å². The van der Waals surface area contributed by atoms with Crippen LogP contribution in [0.4, 0.5) is 5.69 Å². The lowest BCUT2D eigenvalue weighted by Gasteiger charge is -2.24. The second kappa shape index (κ2) is 8.56. The van der Waals surface area contributed by atoms with Gasteiger partial charge in [-0.25, -0.2) is 9.59 Å². The SMILES string of the molecule is COC(=O)C1=C(C(=O)OC)N(c2cccc(C(=O)N3CCCC3)c2)C=CC=C1. The summed E-state index contributed by atoms with van der Waals surface area (Å²) in [6.45, 7) is 1.49. The second-order valence-corrected chi connectivity index (χ2v) is 6.37. The first-order chi connectivity index (χ1) is 13.6. The zero-order chi connectivity index (χ0) is 20.1. The lowest BCUT2D eigenvalue weighted by molar-refractivity contribution is -0.139. The van der Waals surface area contributed by atoms with Crippen molar-refractivity contribution >= 4 is 23.5 Å². The van der Waals surface area contributed by atoms with Crippen molar-refractivity contribution in [1.82, 2.24) is 4.90 Å². The molecule has 1 amide bonds. The van der Waals surface area contributed by atoms with Crippen LogP contribution in [0.25, 0.3) is 0 Å². The maximum Gasteiger partial charge on any atom is 0.355 e. The minimum atomic E-state index is -0.687. The standard InChI is InChI=1S/C21H22N2O5/c1-27-20(25)17-10-3-4-13-23(18(17)21(26)28-2)16-9-7-8-15(14-16)19(24)22-11-5-6-12-22/h3-4,7-10,13-14H,5-6,11-12H2,1-2H3. The Labute approximate surface area is 163 Å². The molecule has 0 aromatic heterocycles. The van der Waals surface area contributed by atoms with Gasteiger partial charge in [-0.1, -0.05) is 12.1 Å². The van der Waals surface area contributed by atoms with Gasteiger partial charge in [-0.3, -0.25) is 4.79 Å². The Hall–Kier alpha value is -3.35. The van der Waals surface area contributed by atoms with Gasteiger partial charge in [0.05, 0.1) is 19.8 Å². The van der Waals surface area contributed by atoms with Gasteiger partial charge in [0.25, 0.3) is 5.91 Å². The molecule has 7 heteroatoms. The molecule has 0 bridgehead atoms. The van der Waals surface area contributed by atoms with Crippen molar-refractivity contribution in [2.24, 2.45) is 0 Å². The van der Waals surface area contributed by atoms with Gasteiger partial charge in [-0.15, -0.1) is 0 Å². The van der Waals surface area contributed by atoms with E-state index in [1.807, 2.05) is 4.90 Å². The van der Waals surface area contributed by atoms with E-state index in [0.717, 1.165) is 25.9 Å². The van der Waals surface area contributed by atoms with Crippen LogP contribution in [0, 0.1) is 0 Å². The Kier molecular flexibility index (Phi) is 5.93. The quantitative estimate of drug-likeness (QED) is 0.745. The van der Waals surface area contributed by atoms with Gasteiger partial charge >= 0.3 is 11.9 Å². The predicted molar refractivity (Wildman–Crippen MR) is 103 cm³/mol. The van der Waals surface area contributed by atoms with E-state index >= 15 is 0 Å². The van der Waals surface area contributed by atoms with Crippen molar-refractivity contribution < 1.29 is 23.9 Å². The first-order valence-corrected chi connectivity index (χ1v) is 9.01. The molecule has 1 aromatic rings. The number of ether oxygens (including phenoxy) is 2. The van der Waals surface area contributed by atoms with E-state index in [9.17, 15) is 14.4 Å². The third-order valence-electron chi connectivity index (χ3n) is 4.65. The Balaban J connectivity index is 2.05. The number of benzene rings is 1. The molecule has 1 saturated heterocycles. The number of amides is 1. The molecule has 28 heavy (non-hydrogen) atoms. The normalized spacial score (nSPS) is 16.2. The highest BCUT2D eigenvalue weighted by Gasteiger charge is 2.28. The van der Waals surface area contributed by atoms with Gasteiger partial charge in [0.2, 0.25) is 0 Å². The first kappa shape index (κ1) is 19.4. The van der Waals surface area contributed by atoms with Crippen LogP contribution in [0.15, 0.2) is 60.0 Å². The fourth-order valence-corrected chi connectivity index (χ4v) is 3.26.